The maximum absolute atomic E-state index is 11.6. The summed E-state index contributed by atoms with van der Waals surface area (Å²) in [7, 11) is -1.89. The molecule has 0 atom stereocenters. The van der Waals surface area contributed by atoms with Gasteiger partial charge in [0.25, 0.3) is 10.0 Å². The Hall–Kier alpha value is -0.990. The lowest BCUT2D eigenvalue weighted by molar-refractivity contribution is 0.583. The van der Waals surface area contributed by atoms with Crippen LogP contribution in [0.1, 0.15) is 5.82 Å². The summed E-state index contributed by atoms with van der Waals surface area (Å²) in [6.07, 6.45) is 1.43. The minimum absolute atomic E-state index is 0.0289. The van der Waals surface area contributed by atoms with Crippen LogP contribution in [0, 0.1) is 6.92 Å². The van der Waals surface area contributed by atoms with E-state index in [-0.39, 0.29) is 16.6 Å². The van der Waals surface area contributed by atoms with Crippen LogP contribution >= 0.6 is 12.2 Å². The fourth-order valence-electron chi connectivity index (χ4n) is 0.896. The van der Waals surface area contributed by atoms with Gasteiger partial charge < -0.3 is 10.3 Å². The lowest BCUT2D eigenvalue weighted by Gasteiger charge is -2.01. The van der Waals surface area contributed by atoms with Crippen molar-refractivity contribution in [1.29, 1.82) is 0 Å². The van der Waals surface area contributed by atoms with Crippen molar-refractivity contribution in [2.24, 2.45) is 12.8 Å². The summed E-state index contributed by atoms with van der Waals surface area (Å²) in [6.45, 7) is 1.65. The Kier molecular flexibility index (Phi) is 3.42. The van der Waals surface area contributed by atoms with Crippen LogP contribution in [0.4, 0.5) is 0 Å². The zero-order chi connectivity index (χ0) is 11.6. The van der Waals surface area contributed by atoms with Crippen molar-refractivity contribution in [2.75, 3.05) is 6.54 Å². The Morgan fingerprint density at radius 2 is 2.33 bits per heavy atom. The van der Waals surface area contributed by atoms with Gasteiger partial charge >= 0.3 is 0 Å². The molecule has 1 rings (SSSR count). The van der Waals surface area contributed by atoms with Crippen LogP contribution in [-0.4, -0.2) is 29.5 Å². The van der Waals surface area contributed by atoms with Gasteiger partial charge in [-0.3, -0.25) is 0 Å². The molecule has 0 aliphatic rings. The predicted octanol–water partition coefficient (Wildman–Crippen LogP) is -0.707. The second kappa shape index (κ2) is 4.25. The van der Waals surface area contributed by atoms with Gasteiger partial charge in [-0.15, -0.1) is 0 Å². The minimum atomic E-state index is -3.61. The van der Waals surface area contributed by atoms with Gasteiger partial charge in [-0.25, -0.2) is 18.1 Å². The molecule has 0 aromatic carbocycles. The Labute approximate surface area is 93.5 Å². The third-order valence-corrected chi connectivity index (χ3v) is 3.21. The Bertz CT molecular complexity index is 458. The number of aromatic nitrogens is 2. The highest BCUT2D eigenvalue weighted by Gasteiger charge is 2.17. The van der Waals surface area contributed by atoms with Crippen molar-refractivity contribution in [3.8, 4) is 0 Å². The summed E-state index contributed by atoms with van der Waals surface area (Å²) in [5.41, 5.74) is 5.19. The van der Waals surface area contributed by atoms with Gasteiger partial charge in [0.2, 0.25) is 0 Å². The molecule has 1 aromatic heterocycles. The standard InChI is InChI=1S/C7H12N4O2S2/c1-5-10-7(4-11(5)2)15(12,13)9-3-6(8)14/h4,9H,3H2,1-2H3,(H2,8,14). The fourth-order valence-corrected chi connectivity index (χ4v) is 2.10. The first kappa shape index (κ1) is 12.1. The summed E-state index contributed by atoms with van der Waals surface area (Å²) in [6, 6.07) is 0. The molecule has 8 heteroatoms. The average Bonchev–Trinajstić information content (AvgIpc) is 2.45. The highest BCUT2D eigenvalue weighted by molar-refractivity contribution is 7.89. The summed E-state index contributed by atoms with van der Waals surface area (Å²) < 4.78 is 27.1. The maximum Gasteiger partial charge on any atom is 0.259 e. The first-order valence-electron chi connectivity index (χ1n) is 4.11. The number of sulfonamides is 1. The smallest absolute Gasteiger partial charge is 0.259 e. The minimum Gasteiger partial charge on any atom is -0.392 e. The number of hydrogen-bond donors (Lipinski definition) is 2. The van der Waals surface area contributed by atoms with Crippen LogP contribution in [0.5, 0.6) is 0 Å². The molecule has 0 aliphatic heterocycles. The van der Waals surface area contributed by atoms with Gasteiger partial charge in [-0.1, -0.05) is 12.2 Å². The second-order valence-corrected chi connectivity index (χ2v) is 5.27. The number of aryl methyl sites for hydroxylation is 2. The Morgan fingerprint density at radius 3 is 2.73 bits per heavy atom. The van der Waals surface area contributed by atoms with E-state index >= 15 is 0 Å². The number of thiocarbonyl (C=S) groups is 1. The number of nitrogens with zero attached hydrogens (tertiary/aromatic N) is 2. The van der Waals surface area contributed by atoms with Gasteiger partial charge in [0, 0.05) is 13.2 Å². The molecule has 0 spiro atoms. The monoisotopic (exact) mass is 248 g/mol. The third-order valence-electron chi connectivity index (χ3n) is 1.80. The molecule has 0 aliphatic carbocycles. The number of nitrogens with two attached hydrogens (primary N) is 1. The van der Waals surface area contributed by atoms with E-state index in [1.165, 1.54) is 6.20 Å². The Morgan fingerprint density at radius 1 is 1.73 bits per heavy atom. The van der Waals surface area contributed by atoms with Crippen LogP contribution in [0.3, 0.4) is 0 Å². The van der Waals surface area contributed by atoms with Gasteiger partial charge in [-0.05, 0) is 6.92 Å². The van der Waals surface area contributed by atoms with E-state index in [0.717, 1.165) is 0 Å². The molecule has 0 saturated heterocycles. The lowest BCUT2D eigenvalue weighted by atomic mass is 10.7. The summed E-state index contributed by atoms with van der Waals surface area (Å²) in [4.78, 5) is 3.98. The number of nitrogens with one attached hydrogen (secondary N) is 1. The van der Waals surface area contributed by atoms with Crippen molar-refractivity contribution >= 4 is 27.2 Å². The molecular formula is C7H12N4O2S2. The zero-order valence-electron chi connectivity index (χ0n) is 8.39. The van der Waals surface area contributed by atoms with Crippen LogP contribution in [0.2, 0.25) is 0 Å². The molecule has 0 bridgehead atoms. The molecule has 3 N–H and O–H groups in total. The molecule has 6 nitrogen and oxygen atoms in total. The van der Waals surface area contributed by atoms with Gasteiger partial charge in [0.15, 0.2) is 5.03 Å². The maximum atomic E-state index is 11.6. The number of imidazole rings is 1. The topological polar surface area (TPSA) is 90.0 Å². The lowest BCUT2D eigenvalue weighted by Crippen LogP contribution is -2.32. The van der Waals surface area contributed by atoms with E-state index in [2.05, 4.69) is 21.9 Å². The van der Waals surface area contributed by atoms with Crippen molar-refractivity contribution in [2.45, 2.75) is 11.9 Å². The molecule has 0 saturated carbocycles. The van der Waals surface area contributed by atoms with Crippen LogP contribution < -0.4 is 10.5 Å². The molecule has 84 valence electrons. The molecule has 15 heavy (non-hydrogen) atoms. The quantitative estimate of drug-likeness (QED) is 0.687. The van der Waals surface area contributed by atoms with E-state index in [0.29, 0.717) is 5.82 Å². The van der Waals surface area contributed by atoms with E-state index in [9.17, 15) is 8.42 Å². The number of rotatable bonds is 4. The highest BCUT2D eigenvalue weighted by Crippen LogP contribution is 2.06. The van der Waals surface area contributed by atoms with Crippen molar-refractivity contribution in [3.05, 3.63) is 12.0 Å². The molecule has 1 heterocycles. The normalized spacial score (nSPS) is 11.6. The van der Waals surface area contributed by atoms with Gasteiger partial charge in [0.1, 0.15) is 5.82 Å². The molecule has 0 unspecified atom stereocenters. The van der Waals surface area contributed by atoms with Crippen LogP contribution in [-0.2, 0) is 17.1 Å². The first-order valence-corrected chi connectivity index (χ1v) is 6.00. The molecule has 1 aromatic rings. The average molecular weight is 248 g/mol. The van der Waals surface area contributed by atoms with Crippen molar-refractivity contribution < 1.29 is 8.42 Å². The Balaban J connectivity index is 2.91. The summed E-state index contributed by atoms with van der Waals surface area (Å²) >= 11 is 4.57. The molecule has 0 radical (unpaired) electrons. The van der Waals surface area contributed by atoms with Crippen molar-refractivity contribution in [1.82, 2.24) is 14.3 Å². The summed E-state index contributed by atoms with van der Waals surface area (Å²) in [5.74, 6) is 0.616. The summed E-state index contributed by atoms with van der Waals surface area (Å²) in [5, 5.41) is -0.0289. The van der Waals surface area contributed by atoms with Gasteiger partial charge in [0.05, 0.1) is 11.5 Å². The van der Waals surface area contributed by atoms with E-state index in [4.69, 9.17) is 5.73 Å². The van der Waals surface area contributed by atoms with E-state index in [1.807, 2.05) is 0 Å². The fraction of sp³-hybridized carbons (Fsp3) is 0.429. The molecular weight excluding hydrogens is 236 g/mol. The zero-order valence-corrected chi connectivity index (χ0v) is 10.0. The largest absolute Gasteiger partial charge is 0.392 e. The molecule has 0 amide bonds. The number of hydrogen-bond acceptors (Lipinski definition) is 4. The van der Waals surface area contributed by atoms with E-state index in [1.54, 1.807) is 18.5 Å². The first-order chi connectivity index (χ1) is 6.83. The van der Waals surface area contributed by atoms with Crippen LogP contribution in [0.15, 0.2) is 11.2 Å². The highest BCUT2D eigenvalue weighted by atomic mass is 32.2. The van der Waals surface area contributed by atoms with E-state index < -0.39 is 10.0 Å². The molecule has 0 fully saturated rings. The predicted molar refractivity (Wildman–Crippen MR) is 59.9 cm³/mol. The van der Waals surface area contributed by atoms with Crippen molar-refractivity contribution in [3.63, 3.8) is 0 Å². The van der Waals surface area contributed by atoms with Crippen LogP contribution in [0.25, 0.3) is 0 Å². The SMILES string of the molecule is Cc1nc(S(=O)(=O)NCC(N)=S)cn1C. The second-order valence-electron chi connectivity index (χ2n) is 3.03. The van der Waals surface area contributed by atoms with Gasteiger partial charge in [-0.2, -0.15) is 0 Å². The third kappa shape index (κ3) is 2.98.